The molecule has 0 fully saturated rings. The highest BCUT2D eigenvalue weighted by atomic mass is 16.5. The van der Waals surface area contributed by atoms with Crippen molar-refractivity contribution in [1.29, 1.82) is 0 Å². The van der Waals surface area contributed by atoms with Crippen LogP contribution in [0.4, 0.5) is 5.82 Å². The molecule has 2 N–H and O–H groups in total. The number of fused-ring (bicyclic) bond motifs is 1. The van der Waals surface area contributed by atoms with Gasteiger partial charge in [-0.1, -0.05) is 12.1 Å². The van der Waals surface area contributed by atoms with Crippen molar-refractivity contribution in [3.8, 4) is 11.1 Å². The molecule has 1 aliphatic heterocycles. The van der Waals surface area contributed by atoms with Crippen molar-refractivity contribution in [3.63, 3.8) is 0 Å². The van der Waals surface area contributed by atoms with Gasteiger partial charge in [0.05, 0.1) is 13.2 Å². The molecule has 86 valence electrons. The molecule has 3 rings (SSSR count). The second kappa shape index (κ2) is 3.86. The summed E-state index contributed by atoms with van der Waals surface area (Å²) in [5.74, 6) is 0.596. The van der Waals surface area contributed by atoms with E-state index in [-0.39, 0.29) is 0 Å². The van der Waals surface area contributed by atoms with Gasteiger partial charge >= 0.3 is 0 Å². The Kier molecular flexibility index (Phi) is 2.34. The molecular formula is C14H14N2O. The van der Waals surface area contributed by atoms with Crippen LogP contribution in [-0.4, -0.2) is 4.98 Å². The van der Waals surface area contributed by atoms with Gasteiger partial charge in [0.1, 0.15) is 5.82 Å². The lowest BCUT2D eigenvalue weighted by atomic mass is 10.0. The number of nitrogens with two attached hydrogens (primary N) is 1. The number of ether oxygens (including phenoxy) is 1. The summed E-state index contributed by atoms with van der Waals surface area (Å²) in [6, 6.07) is 8.48. The van der Waals surface area contributed by atoms with Gasteiger partial charge in [0, 0.05) is 11.8 Å². The maximum atomic E-state index is 5.73. The molecule has 0 atom stereocenters. The third-order valence-electron chi connectivity index (χ3n) is 3.17. The summed E-state index contributed by atoms with van der Waals surface area (Å²) in [5, 5.41) is 0. The smallest absolute Gasteiger partial charge is 0.126 e. The monoisotopic (exact) mass is 226 g/mol. The van der Waals surface area contributed by atoms with E-state index in [1.165, 1.54) is 16.7 Å². The third kappa shape index (κ3) is 1.78. The lowest BCUT2D eigenvalue weighted by Gasteiger charge is -2.06. The van der Waals surface area contributed by atoms with Crippen molar-refractivity contribution < 1.29 is 4.74 Å². The third-order valence-corrected chi connectivity index (χ3v) is 3.17. The van der Waals surface area contributed by atoms with Gasteiger partial charge in [-0.25, -0.2) is 4.98 Å². The maximum Gasteiger partial charge on any atom is 0.126 e. The van der Waals surface area contributed by atoms with Gasteiger partial charge in [0.2, 0.25) is 0 Å². The Morgan fingerprint density at radius 2 is 1.94 bits per heavy atom. The largest absolute Gasteiger partial charge is 0.383 e. The SMILES string of the molecule is Cc1cc(-c2ccc3c(c2)COC3)cnc1N. The minimum Gasteiger partial charge on any atom is -0.383 e. The topological polar surface area (TPSA) is 48.1 Å². The highest BCUT2D eigenvalue weighted by Crippen LogP contribution is 2.27. The van der Waals surface area contributed by atoms with Gasteiger partial charge in [-0.15, -0.1) is 0 Å². The van der Waals surface area contributed by atoms with Crippen LogP contribution in [0.3, 0.4) is 0 Å². The highest BCUT2D eigenvalue weighted by Gasteiger charge is 2.12. The number of aryl methyl sites for hydroxylation is 1. The molecule has 0 radical (unpaired) electrons. The Hall–Kier alpha value is -1.87. The first-order valence-electron chi connectivity index (χ1n) is 5.66. The standard InChI is InChI=1S/C14H14N2O/c1-9-4-12(6-16-14(9)15)10-2-3-11-7-17-8-13(11)5-10/h2-6H,7-8H2,1H3,(H2,15,16). The van der Waals surface area contributed by atoms with E-state index in [2.05, 4.69) is 29.2 Å². The molecule has 0 aliphatic carbocycles. The number of rotatable bonds is 1. The van der Waals surface area contributed by atoms with Crippen LogP contribution in [0.25, 0.3) is 11.1 Å². The second-order valence-electron chi connectivity index (χ2n) is 4.40. The highest BCUT2D eigenvalue weighted by molar-refractivity contribution is 5.66. The molecule has 2 aromatic rings. The van der Waals surface area contributed by atoms with Crippen LogP contribution in [0, 0.1) is 6.92 Å². The van der Waals surface area contributed by atoms with E-state index in [1.54, 1.807) is 0 Å². The summed E-state index contributed by atoms with van der Waals surface area (Å²) in [5.41, 5.74) is 11.6. The molecule has 0 amide bonds. The van der Waals surface area contributed by atoms with Gasteiger partial charge in [-0.2, -0.15) is 0 Å². The number of benzene rings is 1. The summed E-state index contributed by atoms with van der Waals surface area (Å²) < 4.78 is 5.41. The molecule has 0 spiro atoms. The van der Waals surface area contributed by atoms with Crippen LogP contribution in [-0.2, 0) is 18.0 Å². The Labute approximate surface area is 100 Å². The number of hydrogen-bond acceptors (Lipinski definition) is 3. The number of pyridine rings is 1. The minimum atomic E-state index is 0.596. The fourth-order valence-electron chi connectivity index (χ4n) is 2.09. The first kappa shape index (κ1) is 10.3. The Morgan fingerprint density at radius 1 is 1.12 bits per heavy atom. The zero-order valence-electron chi connectivity index (χ0n) is 9.73. The average Bonchev–Trinajstić information content (AvgIpc) is 2.79. The van der Waals surface area contributed by atoms with Crippen LogP contribution in [0.15, 0.2) is 30.5 Å². The molecule has 3 heteroatoms. The average molecular weight is 226 g/mol. The summed E-state index contributed by atoms with van der Waals surface area (Å²) in [4.78, 5) is 4.20. The zero-order chi connectivity index (χ0) is 11.8. The number of nitrogen functional groups attached to an aromatic ring is 1. The maximum absolute atomic E-state index is 5.73. The molecule has 2 heterocycles. The van der Waals surface area contributed by atoms with Crippen molar-refractivity contribution >= 4 is 5.82 Å². The normalized spacial score (nSPS) is 13.7. The van der Waals surface area contributed by atoms with Crippen molar-refractivity contribution in [2.45, 2.75) is 20.1 Å². The van der Waals surface area contributed by atoms with E-state index in [0.717, 1.165) is 17.7 Å². The summed E-state index contributed by atoms with van der Waals surface area (Å²) >= 11 is 0. The molecule has 0 saturated carbocycles. The molecule has 17 heavy (non-hydrogen) atoms. The first-order valence-corrected chi connectivity index (χ1v) is 5.66. The van der Waals surface area contributed by atoms with E-state index < -0.39 is 0 Å². The number of nitrogens with zero attached hydrogens (tertiary/aromatic N) is 1. The van der Waals surface area contributed by atoms with Crippen molar-refractivity contribution in [2.75, 3.05) is 5.73 Å². The fourth-order valence-corrected chi connectivity index (χ4v) is 2.09. The van der Waals surface area contributed by atoms with E-state index in [1.807, 2.05) is 13.1 Å². The van der Waals surface area contributed by atoms with Crippen molar-refractivity contribution in [2.24, 2.45) is 0 Å². The van der Waals surface area contributed by atoms with Crippen LogP contribution < -0.4 is 5.73 Å². The van der Waals surface area contributed by atoms with E-state index in [4.69, 9.17) is 10.5 Å². The molecule has 0 unspecified atom stereocenters. The Bertz CT molecular complexity index is 578. The molecule has 0 bridgehead atoms. The van der Waals surface area contributed by atoms with Crippen LogP contribution in [0.1, 0.15) is 16.7 Å². The molecular weight excluding hydrogens is 212 g/mol. The Balaban J connectivity index is 2.06. The predicted molar refractivity (Wildman–Crippen MR) is 67.3 cm³/mol. The van der Waals surface area contributed by atoms with Gasteiger partial charge in [0.25, 0.3) is 0 Å². The number of hydrogen-bond donors (Lipinski definition) is 1. The van der Waals surface area contributed by atoms with Gasteiger partial charge in [0.15, 0.2) is 0 Å². The summed E-state index contributed by atoms with van der Waals surface area (Å²) in [6.07, 6.45) is 1.82. The van der Waals surface area contributed by atoms with Crippen LogP contribution in [0.5, 0.6) is 0 Å². The van der Waals surface area contributed by atoms with Gasteiger partial charge in [-0.3, -0.25) is 0 Å². The first-order chi connectivity index (χ1) is 8.24. The quantitative estimate of drug-likeness (QED) is 0.813. The zero-order valence-corrected chi connectivity index (χ0v) is 9.73. The van der Waals surface area contributed by atoms with E-state index >= 15 is 0 Å². The predicted octanol–water partition coefficient (Wildman–Crippen LogP) is 2.67. The number of anilines is 1. The van der Waals surface area contributed by atoms with E-state index in [0.29, 0.717) is 12.4 Å². The molecule has 3 nitrogen and oxygen atoms in total. The summed E-state index contributed by atoms with van der Waals surface area (Å²) in [6.45, 7) is 3.42. The lowest BCUT2D eigenvalue weighted by molar-refractivity contribution is 0.134. The fraction of sp³-hybridized carbons (Fsp3) is 0.214. The molecule has 1 aliphatic rings. The van der Waals surface area contributed by atoms with Crippen LogP contribution >= 0.6 is 0 Å². The number of aromatic nitrogens is 1. The van der Waals surface area contributed by atoms with Crippen molar-refractivity contribution in [3.05, 3.63) is 47.2 Å². The van der Waals surface area contributed by atoms with E-state index in [9.17, 15) is 0 Å². The van der Waals surface area contributed by atoms with Gasteiger partial charge in [-0.05, 0) is 41.3 Å². The van der Waals surface area contributed by atoms with Gasteiger partial charge < -0.3 is 10.5 Å². The second-order valence-corrected chi connectivity index (χ2v) is 4.40. The van der Waals surface area contributed by atoms with Crippen molar-refractivity contribution in [1.82, 2.24) is 4.98 Å². The lowest BCUT2D eigenvalue weighted by Crippen LogP contribution is -1.94. The molecule has 1 aromatic heterocycles. The Morgan fingerprint density at radius 3 is 2.76 bits per heavy atom. The molecule has 1 aromatic carbocycles. The molecule has 0 saturated heterocycles. The van der Waals surface area contributed by atoms with Crippen LogP contribution in [0.2, 0.25) is 0 Å². The summed E-state index contributed by atoms with van der Waals surface area (Å²) in [7, 11) is 0. The minimum absolute atomic E-state index is 0.596.